The van der Waals surface area contributed by atoms with Crippen LogP contribution in [0.4, 0.5) is 5.69 Å². The summed E-state index contributed by atoms with van der Waals surface area (Å²) in [7, 11) is 1.57. The number of thiocarbonyl (C=S) groups is 1. The number of phenols is 1. The predicted octanol–water partition coefficient (Wildman–Crippen LogP) is 3.63. The van der Waals surface area contributed by atoms with Crippen LogP contribution in [0.1, 0.15) is 12.0 Å². The second kappa shape index (κ2) is 8.90. The van der Waals surface area contributed by atoms with Gasteiger partial charge in [0, 0.05) is 24.2 Å². The molecule has 1 fully saturated rings. The molecule has 0 spiro atoms. The van der Waals surface area contributed by atoms with Crippen molar-refractivity contribution in [1.29, 1.82) is 0 Å². The average Bonchev–Trinajstić information content (AvgIpc) is 2.95. The van der Waals surface area contributed by atoms with Crippen LogP contribution in [0.25, 0.3) is 6.08 Å². The van der Waals surface area contributed by atoms with Gasteiger partial charge in [-0.25, -0.2) is 0 Å². The van der Waals surface area contributed by atoms with Crippen molar-refractivity contribution in [2.24, 2.45) is 0 Å². The van der Waals surface area contributed by atoms with E-state index in [1.807, 2.05) is 0 Å². The van der Waals surface area contributed by atoms with Crippen LogP contribution in [0, 0.1) is 0 Å². The second-order valence-corrected chi connectivity index (χ2v) is 7.59. The van der Waals surface area contributed by atoms with Gasteiger partial charge in [0.15, 0.2) is 0 Å². The summed E-state index contributed by atoms with van der Waals surface area (Å²) in [5.74, 6) is 0.304. The van der Waals surface area contributed by atoms with E-state index in [1.165, 1.54) is 4.90 Å². The van der Waals surface area contributed by atoms with Gasteiger partial charge in [-0.05, 0) is 36.4 Å². The maximum atomic E-state index is 12.6. The lowest BCUT2D eigenvalue weighted by Crippen LogP contribution is -2.31. The summed E-state index contributed by atoms with van der Waals surface area (Å²) in [5.41, 5.74) is 1.19. The molecule has 2 amide bonds. The molecule has 0 aromatic heterocycles. The number of carbonyl (C=O) groups excluding carboxylic acids is 2. The number of benzene rings is 2. The fourth-order valence-electron chi connectivity index (χ4n) is 2.55. The molecule has 1 heterocycles. The molecule has 1 saturated heterocycles. The lowest BCUT2D eigenvalue weighted by atomic mass is 10.2. The molecule has 6 nitrogen and oxygen atoms in total. The predicted molar refractivity (Wildman–Crippen MR) is 114 cm³/mol. The molecule has 0 atom stereocenters. The zero-order valence-electron chi connectivity index (χ0n) is 15.0. The third-order valence-electron chi connectivity index (χ3n) is 4.03. The molecule has 8 heteroatoms. The Balaban J connectivity index is 1.59. The van der Waals surface area contributed by atoms with Crippen LogP contribution in [-0.2, 0) is 9.59 Å². The van der Waals surface area contributed by atoms with Crippen molar-refractivity contribution >= 4 is 51.9 Å². The molecule has 1 aliphatic heterocycles. The fourth-order valence-corrected chi connectivity index (χ4v) is 3.85. The van der Waals surface area contributed by atoms with Crippen molar-refractivity contribution in [3.05, 3.63) is 59.0 Å². The van der Waals surface area contributed by atoms with E-state index in [1.54, 1.807) is 61.7 Å². The van der Waals surface area contributed by atoms with Gasteiger partial charge in [-0.2, -0.15) is 0 Å². The van der Waals surface area contributed by atoms with E-state index in [4.69, 9.17) is 17.0 Å². The molecule has 2 aromatic rings. The molecular formula is C20H18N2O4S2. The number of ether oxygens (including phenoxy) is 1. The Labute approximate surface area is 172 Å². The number of hydrogen-bond acceptors (Lipinski definition) is 6. The number of nitrogens with one attached hydrogen (secondary N) is 1. The summed E-state index contributed by atoms with van der Waals surface area (Å²) in [5, 5.41) is 12.6. The Kier molecular flexibility index (Phi) is 6.33. The number of thioether (sulfide) groups is 1. The number of methoxy groups -OCH3 is 1. The summed E-state index contributed by atoms with van der Waals surface area (Å²) in [6, 6.07) is 13.7. The van der Waals surface area contributed by atoms with Crippen molar-refractivity contribution in [2.45, 2.75) is 6.42 Å². The molecule has 0 aliphatic carbocycles. The van der Waals surface area contributed by atoms with Crippen molar-refractivity contribution in [3.63, 3.8) is 0 Å². The van der Waals surface area contributed by atoms with Gasteiger partial charge in [0.05, 0.1) is 12.0 Å². The Morgan fingerprint density at radius 2 is 1.96 bits per heavy atom. The highest BCUT2D eigenvalue weighted by atomic mass is 32.2. The summed E-state index contributed by atoms with van der Waals surface area (Å²) >= 11 is 6.43. The third kappa shape index (κ3) is 4.71. The highest BCUT2D eigenvalue weighted by Crippen LogP contribution is 2.34. The molecular weight excluding hydrogens is 396 g/mol. The van der Waals surface area contributed by atoms with E-state index in [-0.39, 0.29) is 30.5 Å². The molecule has 144 valence electrons. The number of nitrogens with zero attached hydrogens (tertiary/aromatic N) is 1. The number of amides is 2. The van der Waals surface area contributed by atoms with Gasteiger partial charge in [0.1, 0.15) is 15.8 Å². The quantitative estimate of drug-likeness (QED) is 0.555. The minimum Gasteiger partial charge on any atom is -0.507 e. The summed E-state index contributed by atoms with van der Waals surface area (Å²) < 4.78 is 5.47. The molecule has 2 N–H and O–H groups in total. The van der Waals surface area contributed by atoms with Gasteiger partial charge in [0.2, 0.25) is 5.91 Å². The van der Waals surface area contributed by atoms with E-state index in [0.717, 1.165) is 11.8 Å². The number of anilines is 1. The smallest absolute Gasteiger partial charge is 0.266 e. The average molecular weight is 415 g/mol. The van der Waals surface area contributed by atoms with Crippen molar-refractivity contribution in [3.8, 4) is 11.5 Å². The molecule has 0 saturated carbocycles. The van der Waals surface area contributed by atoms with Crippen LogP contribution in [0.2, 0.25) is 0 Å². The molecule has 3 rings (SSSR count). The topological polar surface area (TPSA) is 78.9 Å². The number of para-hydroxylation sites is 1. The van der Waals surface area contributed by atoms with Crippen LogP contribution in [-0.4, -0.2) is 39.8 Å². The molecule has 1 aliphatic rings. The third-order valence-corrected chi connectivity index (χ3v) is 5.41. The zero-order chi connectivity index (χ0) is 20.1. The minimum atomic E-state index is -0.268. The monoisotopic (exact) mass is 414 g/mol. The first-order chi connectivity index (χ1) is 13.5. The second-order valence-electron chi connectivity index (χ2n) is 5.92. The van der Waals surface area contributed by atoms with Gasteiger partial charge in [-0.3, -0.25) is 14.5 Å². The van der Waals surface area contributed by atoms with E-state index < -0.39 is 0 Å². The Morgan fingerprint density at radius 3 is 2.64 bits per heavy atom. The van der Waals surface area contributed by atoms with Gasteiger partial charge in [-0.15, -0.1) is 0 Å². The Bertz CT molecular complexity index is 941. The first-order valence-electron chi connectivity index (χ1n) is 8.45. The minimum absolute atomic E-state index is 0.0895. The van der Waals surface area contributed by atoms with Gasteiger partial charge >= 0.3 is 0 Å². The van der Waals surface area contributed by atoms with Crippen LogP contribution >= 0.6 is 24.0 Å². The Hall–Kier alpha value is -2.84. The van der Waals surface area contributed by atoms with Crippen molar-refractivity contribution in [2.75, 3.05) is 19.0 Å². The molecule has 0 unspecified atom stereocenters. The first-order valence-corrected chi connectivity index (χ1v) is 9.67. The maximum Gasteiger partial charge on any atom is 0.266 e. The Morgan fingerprint density at radius 1 is 1.25 bits per heavy atom. The summed E-state index contributed by atoms with van der Waals surface area (Å²) in [4.78, 5) is 26.6. The molecule has 28 heavy (non-hydrogen) atoms. The van der Waals surface area contributed by atoms with Crippen molar-refractivity contribution in [1.82, 2.24) is 4.90 Å². The fraction of sp³-hybridized carbons (Fsp3) is 0.150. The maximum absolute atomic E-state index is 12.6. The SMILES string of the molecule is COc1ccc(NC(=O)CCN2C(=O)/C(=C/c3ccccc3O)SC2=S)cc1. The van der Waals surface area contributed by atoms with E-state index in [9.17, 15) is 14.7 Å². The number of rotatable bonds is 6. The normalized spacial score (nSPS) is 15.2. The van der Waals surface area contributed by atoms with Crippen LogP contribution < -0.4 is 10.1 Å². The van der Waals surface area contributed by atoms with Gasteiger partial charge < -0.3 is 15.2 Å². The van der Waals surface area contributed by atoms with Crippen LogP contribution in [0.3, 0.4) is 0 Å². The summed E-state index contributed by atoms with van der Waals surface area (Å²) in [6.45, 7) is 0.185. The largest absolute Gasteiger partial charge is 0.507 e. The highest BCUT2D eigenvalue weighted by Gasteiger charge is 2.32. The zero-order valence-corrected chi connectivity index (χ0v) is 16.7. The first kappa shape index (κ1) is 19.9. The van der Waals surface area contributed by atoms with Crippen molar-refractivity contribution < 1.29 is 19.4 Å². The highest BCUT2D eigenvalue weighted by molar-refractivity contribution is 8.26. The number of carbonyl (C=O) groups is 2. The standard InChI is InChI=1S/C20H18N2O4S2/c1-26-15-8-6-14(7-9-15)21-18(24)10-11-22-19(25)17(28-20(22)27)12-13-4-2-3-5-16(13)23/h2-9,12,23H,10-11H2,1H3,(H,21,24)/b17-12-. The lowest BCUT2D eigenvalue weighted by Gasteiger charge is -2.14. The number of hydrogen-bond donors (Lipinski definition) is 2. The molecule has 0 bridgehead atoms. The van der Waals surface area contributed by atoms with E-state index in [0.29, 0.717) is 26.2 Å². The lowest BCUT2D eigenvalue weighted by molar-refractivity contribution is -0.122. The molecule has 0 radical (unpaired) electrons. The number of aromatic hydroxyl groups is 1. The van der Waals surface area contributed by atoms with Crippen LogP contribution in [0.15, 0.2) is 53.4 Å². The van der Waals surface area contributed by atoms with Gasteiger partial charge in [0.25, 0.3) is 5.91 Å². The van der Waals surface area contributed by atoms with Gasteiger partial charge in [-0.1, -0.05) is 42.2 Å². The molecule has 2 aromatic carbocycles. The number of phenolic OH excluding ortho intramolecular Hbond substituents is 1. The summed E-state index contributed by atoms with van der Waals surface area (Å²) in [6.07, 6.45) is 1.72. The van der Waals surface area contributed by atoms with E-state index >= 15 is 0 Å². The van der Waals surface area contributed by atoms with Crippen LogP contribution in [0.5, 0.6) is 11.5 Å². The van der Waals surface area contributed by atoms with E-state index in [2.05, 4.69) is 5.32 Å².